The van der Waals surface area contributed by atoms with E-state index in [4.69, 9.17) is 14.2 Å². The zero-order valence-corrected chi connectivity index (χ0v) is 13.6. The van der Waals surface area contributed by atoms with Crippen molar-refractivity contribution in [2.45, 2.75) is 6.42 Å². The van der Waals surface area contributed by atoms with Crippen LogP contribution in [0.1, 0.15) is 5.56 Å². The molecule has 3 aromatic carbocycles. The van der Waals surface area contributed by atoms with Crippen molar-refractivity contribution in [2.75, 3.05) is 14.2 Å². The lowest BCUT2D eigenvalue weighted by Crippen LogP contribution is -2.12. The van der Waals surface area contributed by atoms with E-state index in [1.807, 2.05) is 54.6 Å². The summed E-state index contributed by atoms with van der Waals surface area (Å²) in [5.41, 5.74) is 0.902. The fourth-order valence-corrected chi connectivity index (χ4v) is 2.63. The number of carbonyl (C=O) groups is 1. The highest BCUT2D eigenvalue weighted by atomic mass is 16.6. The van der Waals surface area contributed by atoms with Crippen LogP contribution in [-0.2, 0) is 11.2 Å². The SMILES string of the molecule is COc1cc(OC)c2ccccc2c1OC(=O)Cc1ccccc1. The van der Waals surface area contributed by atoms with Gasteiger partial charge in [0.2, 0.25) is 0 Å². The highest BCUT2D eigenvalue weighted by molar-refractivity contribution is 5.97. The van der Waals surface area contributed by atoms with Crippen LogP contribution in [0.5, 0.6) is 17.2 Å². The minimum Gasteiger partial charge on any atom is -0.496 e. The zero-order chi connectivity index (χ0) is 16.9. The summed E-state index contributed by atoms with van der Waals surface area (Å²) in [6, 6.07) is 18.8. The Morgan fingerprint density at radius 2 is 1.46 bits per heavy atom. The van der Waals surface area contributed by atoms with E-state index in [1.165, 1.54) is 7.11 Å². The standard InChI is InChI=1S/C20H18O4/c1-22-17-13-18(23-2)20(16-11-7-6-10-15(16)17)24-19(21)12-14-8-4-3-5-9-14/h3-11,13H,12H2,1-2H3. The van der Waals surface area contributed by atoms with Gasteiger partial charge in [-0.05, 0) is 5.56 Å². The lowest BCUT2D eigenvalue weighted by Gasteiger charge is -2.15. The molecule has 4 nitrogen and oxygen atoms in total. The maximum absolute atomic E-state index is 12.3. The van der Waals surface area contributed by atoms with E-state index in [-0.39, 0.29) is 12.4 Å². The van der Waals surface area contributed by atoms with Gasteiger partial charge in [0.1, 0.15) is 5.75 Å². The van der Waals surface area contributed by atoms with Crippen LogP contribution in [0.4, 0.5) is 0 Å². The second kappa shape index (κ2) is 7.04. The summed E-state index contributed by atoms with van der Waals surface area (Å²) in [6.45, 7) is 0. The van der Waals surface area contributed by atoms with Crippen LogP contribution < -0.4 is 14.2 Å². The first kappa shape index (κ1) is 15.9. The van der Waals surface area contributed by atoms with Crippen molar-refractivity contribution in [3.8, 4) is 17.2 Å². The molecule has 0 heterocycles. The molecule has 0 bridgehead atoms. The molecule has 0 saturated carbocycles. The van der Waals surface area contributed by atoms with E-state index < -0.39 is 0 Å². The van der Waals surface area contributed by atoms with E-state index >= 15 is 0 Å². The number of carbonyl (C=O) groups excluding carboxylic acids is 1. The Kier molecular flexibility index (Phi) is 4.66. The van der Waals surface area contributed by atoms with Crippen molar-refractivity contribution >= 4 is 16.7 Å². The Balaban J connectivity index is 1.97. The van der Waals surface area contributed by atoms with Crippen molar-refractivity contribution < 1.29 is 19.0 Å². The average molecular weight is 322 g/mol. The van der Waals surface area contributed by atoms with Gasteiger partial charge in [0.15, 0.2) is 11.5 Å². The van der Waals surface area contributed by atoms with Gasteiger partial charge in [0.25, 0.3) is 0 Å². The number of hydrogen-bond acceptors (Lipinski definition) is 4. The highest BCUT2D eigenvalue weighted by Crippen LogP contribution is 2.41. The molecule has 0 unspecified atom stereocenters. The van der Waals surface area contributed by atoms with Crippen LogP contribution in [0.3, 0.4) is 0 Å². The summed E-state index contributed by atoms with van der Waals surface area (Å²) in [5, 5.41) is 1.64. The van der Waals surface area contributed by atoms with Crippen molar-refractivity contribution in [3.05, 3.63) is 66.2 Å². The molecular formula is C20H18O4. The van der Waals surface area contributed by atoms with Gasteiger partial charge in [-0.1, -0.05) is 54.6 Å². The molecule has 122 valence electrons. The van der Waals surface area contributed by atoms with E-state index in [0.29, 0.717) is 17.2 Å². The molecule has 0 N–H and O–H groups in total. The lowest BCUT2D eigenvalue weighted by atomic mass is 10.1. The quantitative estimate of drug-likeness (QED) is 0.526. The van der Waals surface area contributed by atoms with Crippen LogP contribution in [0.15, 0.2) is 60.7 Å². The first-order chi connectivity index (χ1) is 11.7. The minimum absolute atomic E-state index is 0.199. The smallest absolute Gasteiger partial charge is 0.315 e. The Morgan fingerprint density at radius 1 is 0.833 bits per heavy atom. The third-order valence-electron chi connectivity index (χ3n) is 3.77. The van der Waals surface area contributed by atoms with Gasteiger partial charge in [-0.2, -0.15) is 0 Å². The number of rotatable bonds is 5. The molecule has 0 radical (unpaired) electrons. The largest absolute Gasteiger partial charge is 0.496 e. The molecule has 0 aromatic heterocycles. The summed E-state index contributed by atoms with van der Waals surface area (Å²) in [7, 11) is 3.14. The molecule has 0 atom stereocenters. The van der Waals surface area contributed by atoms with Crippen LogP contribution in [0.2, 0.25) is 0 Å². The number of ether oxygens (including phenoxy) is 3. The van der Waals surface area contributed by atoms with Gasteiger partial charge in [-0.25, -0.2) is 0 Å². The minimum atomic E-state index is -0.338. The third kappa shape index (κ3) is 3.18. The topological polar surface area (TPSA) is 44.8 Å². The Hall–Kier alpha value is -3.01. The predicted molar refractivity (Wildman–Crippen MR) is 92.8 cm³/mol. The highest BCUT2D eigenvalue weighted by Gasteiger charge is 2.17. The molecule has 0 aliphatic rings. The van der Waals surface area contributed by atoms with Crippen molar-refractivity contribution in [3.63, 3.8) is 0 Å². The zero-order valence-electron chi connectivity index (χ0n) is 13.6. The van der Waals surface area contributed by atoms with Gasteiger partial charge in [0, 0.05) is 16.8 Å². The fraction of sp³-hybridized carbons (Fsp3) is 0.150. The van der Waals surface area contributed by atoms with Crippen molar-refractivity contribution in [2.24, 2.45) is 0 Å². The van der Waals surface area contributed by atoms with Gasteiger partial charge in [-0.15, -0.1) is 0 Å². The Morgan fingerprint density at radius 3 is 2.12 bits per heavy atom. The van der Waals surface area contributed by atoms with E-state index in [2.05, 4.69) is 0 Å². The summed E-state index contributed by atoms with van der Waals surface area (Å²) >= 11 is 0. The number of esters is 1. The first-order valence-electron chi connectivity index (χ1n) is 7.61. The molecular weight excluding hydrogens is 304 g/mol. The number of benzene rings is 3. The van der Waals surface area contributed by atoms with E-state index in [0.717, 1.165) is 16.3 Å². The van der Waals surface area contributed by atoms with Crippen molar-refractivity contribution in [1.29, 1.82) is 0 Å². The Labute approximate surface area is 140 Å². The molecule has 24 heavy (non-hydrogen) atoms. The molecule has 0 fully saturated rings. The number of methoxy groups -OCH3 is 2. The summed E-state index contributed by atoms with van der Waals surface area (Å²) in [6.07, 6.45) is 0.199. The van der Waals surface area contributed by atoms with Crippen LogP contribution >= 0.6 is 0 Å². The second-order valence-electron chi connectivity index (χ2n) is 5.29. The molecule has 0 aliphatic carbocycles. The molecule has 0 saturated heterocycles. The summed E-state index contributed by atoms with van der Waals surface area (Å²) in [4.78, 5) is 12.3. The third-order valence-corrected chi connectivity index (χ3v) is 3.77. The average Bonchev–Trinajstić information content (AvgIpc) is 2.62. The predicted octanol–water partition coefficient (Wildman–Crippen LogP) is 4.01. The van der Waals surface area contributed by atoms with Gasteiger partial charge < -0.3 is 14.2 Å². The lowest BCUT2D eigenvalue weighted by molar-refractivity contribution is -0.133. The van der Waals surface area contributed by atoms with E-state index in [9.17, 15) is 4.79 Å². The van der Waals surface area contributed by atoms with Crippen LogP contribution in [0, 0.1) is 0 Å². The second-order valence-corrected chi connectivity index (χ2v) is 5.29. The maximum atomic E-state index is 12.3. The Bertz CT molecular complexity index is 856. The molecule has 4 heteroatoms. The number of fused-ring (bicyclic) bond motifs is 1. The first-order valence-corrected chi connectivity index (χ1v) is 7.61. The van der Waals surface area contributed by atoms with Gasteiger partial charge in [-0.3, -0.25) is 4.79 Å². The van der Waals surface area contributed by atoms with Crippen LogP contribution in [-0.4, -0.2) is 20.2 Å². The summed E-state index contributed by atoms with van der Waals surface area (Å²) < 4.78 is 16.4. The van der Waals surface area contributed by atoms with Crippen molar-refractivity contribution in [1.82, 2.24) is 0 Å². The van der Waals surface area contributed by atoms with E-state index in [1.54, 1.807) is 13.2 Å². The van der Waals surface area contributed by atoms with Gasteiger partial charge in [0.05, 0.1) is 20.6 Å². The molecule has 0 aliphatic heterocycles. The van der Waals surface area contributed by atoms with Gasteiger partial charge >= 0.3 is 5.97 Å². The molecule has 3 aromatic rings. The summed E-state index contributed by atoms with van der Waals surface area (Å²) in [5.74, 6) is 1.21. The maximum Gasteiger partial charge on any atom is 0.315 e. The monoisotopic (exact) mass is 322 g/mol. The fourth-order valence-electron chi connectivity index (χ4n) is 2.63. The normalized spacial score (nSPS) is 10.4. The number of hydrogen-bond donors (Lipinski definition) is 0. The van der Waals surface area contributed by atoms with Crippen LogP contribution in [0.25, 0.3) is 10.8 Å². The molecule has 3 rings (SSSR count). The molecule has 0 spiro atoms. The molecule has 0 amide bonds.